The predicted octanol–water partition coefficient (Wildman–Crippen LogP) is 2.36. The van der Waals surface area contributed by atoms with Crippen LogP contribution >= 0.6 is 0 Å². The van der Waals surface area contributed by atoms with Crippen LogP contribution in [0.3, 0.4) is 0 Å². The summed E-state index contributed by atoms with van der Waals surface area (Å²) in [5, 5.41) is 8.69. The van der Waals surface area contributed by atoms with Gasteiger partial charge in [0.25, 0.3) is 0 Å². The van der Waals surface area contributed by atoms with Gasteiger partial charge in [-0.05, 0) is 49.2 Å². The molecule has 0 radical (unpaired) electrons. The van der Waals surface area contributed by atoms with E-state index >= 15 is 0 Å². The van der Waals surface area contributed by atoms with E-state index in [1.807, 2.05) is 17.0 Å². The van der Waals surface area contributed by atoms with Crippen molar-refractivity contribution in [2.75, 3.05) is 38.3 Å². The molecule has 2 atom stereocenters. The maximum absolute atomic E-state index is 13.1. The maximum atomic E-state index is 13.1. The number of rotatable bonds is 5. The lowest BCUT2D eigenvalue weighted by molar-refractivity contribution is -0.140. The van der Waals surface area contributed by atoms with Crippen LogP contribution in [0.2, 0.25) is 0 Å². The van der Waals surface area contributed by atoms with Crippen LogP contribution in [0.1, 0.15) is 12.8 Å². The third-order valence-electron chi connectivity index (χ3n) is 5.44. The Hall–Kier alpha value is -2.54. The molecule has 0 aliphatic carbocycles. The average Bonchev–Trinajstić information content (AvgIpc) is 2.98. The topological polar surface area (TPSA) is 58.6 Å². The van der Waals surface area contributed by atoms with Crippen LogP contribution in [0.5, 0.6) is 0 Å². The fraction of sp³-hybridized carbons (Fsp3) is 0.450. The Bertz CT molecular complexity index is 797. The summed E-state index contributed by atoms with van der Waals surface area (Å²) in [4.78, 5) is 16.9. The number of nitrogens with zero attached hydrogens (tertiary/aromatic N) is 4. The number of ether oxygens (including phenoxy) is 1. The van der Waals surface area contributed by atoms with Crippen molar-refractivity contribution >= 4 is 11.7 Å². The summed E-state index contributed by atoms with van der Waals surface area (Å²) in [6, 6.07) is 10.2. The van der Waals surface area contributed by atoms with E-state index in [4.69, 9.17) is 4.74 Å². The number of hydrogen-bond acceptors (Lipinski definition) is 5. The fourth-order valence-electron chi connectivity index (χ4n) is 3.98. The molecule has 0 saturated carbocycles. The van der Waals surface area contributed by atoms with Crippen LogP contribution in [0.4, 0.5) is 10.2 Å². The number of hydrogen-bond donors (Lipinski definition) is 0. The first-order chi connectivity index (χ1) is 13.2. The Kier molecular flexibility index (Phi) is 5.03. The highest BCUT2D eigenvalue weighted by atomic mass is 19.1. The predicted molar refractivity (Wildman–Crippen MR) is 99.7 cm³/mol. The molecule has 3 aliphatic heterocycles. The van der Waals surface area contributed by atoms with Crippen molar-refractivity contribution in [2.45, 2.75) is 18.9 Å². The van der Waals surface area contributed by atoms with Crippen molar-refractivity contribution in [1.82, 2.24) is 15.1 Å². The van der Waals surface area contributed by atoms with Gasteiger partial charge in [0.1, 0.15) is 5.82 Å². The normalized spacial score (nSPS) is 22.2. The number of halogens is 1. The number of benzene rings is 1. The Labute approximate surface area is 157 Å². The smallest absolute Gasteiger partial charge is 0.227 e. The highest BCUT2D eigenvalue weighted by molar-refractivity contribution is 5.81. The van der Waals surface area contributed by atoms with E-state index < -0.39 is 0 Å². The first kappa shape index (κ1) is 17.9. The van der Waals surface area contributed by atoms with Gasteiger partial charge in [-0.25, -0.2) is 4.39 Å². The molecular formula is C20H23FN4O2. The Morgan fingerprint density at radius 2 is 1.93 bits per heavy atom. The molecule has 2 bridgehead atoms. The Morgan fingerprint density at radius 3 is 2.63 bits per heavy atom. The molecule has 0 spiro atoms. The summed E-state index contributed by atoms with van der Waals surface area (Å²) in [6.45, 7) is 2.63. The maximum Gasteiger partial charge on any atom is 0.227 e. The number of methoxy groups -OCH3 is 1. The molecule has 0 N–H and O–H groups in total. The molecule has 7 heteroatoms. The van der Waals surface area contributed by atoms with Crippen LogP contribution in [-0.2, 0) is 9.53 Å². The van der Waals surface area contributed by atoms with E-state index in [0.29, 0.717) is 25.4 Å². The van der Waals surface area contributed by atoms with E-state index in [-0.39, 0.29) is 23.7 Å². The zero-order valence-corrected chi connectivity index (χ0v) is 15.3. The minimum absolute atomic E-state index is 0.000758. The lowest BCUT2D eigenvalue weighted by Gasteiger charge is -2.35. The van der Waals surface area contributed by atoms with Crippen LogP contribution < -0.4 is 4.90 Å². The van der Waals surface area contributed by atoms with Gasteiger partial charge >= 0.3 is 0 Å². The minimum atomic E-state index is -0.272. The second-order valence-electron chi connectivity index (χ2n) is 7.14. The second-order valence-corrected chi connectivity index (χ2v) is 7.14. The van der Waals surface area contributed by atoms with E-state index in [1.54, 1.807) is 19.2 Å². The summed E-state index contributed by atoms with van der Waals surface area (Å²) in [5.74, 6) is 0.728. The van der Waals surface area contributed by atoms with Crippen LogP contribution in [0, 0.1) is 11.7 Å². The lowest BCUT2D eigenvalue weighted by Crippen LogP contribution is -2.49. The SMILES string of the molecule is COCCN1C(=O)[C@H]2CC[C@@H]1CN(c1ccc(-c3ccc(F)cc3)nn1)C2. The van der Waals surface area contributed by atoms with Crippen molar-refractivity contribution < 1.29 is 13.9 Å². The largest absolute Gasteiger partial charge is 0.383 e. The number of amides is 1. The number of aromatic nitrogens is 2. The molecule has 3 fully saturated rings. The van der Waals surface area contributed by atoms with Gasteiger partial charge in [-0.15, -0.1) is 10.2 Å². The first-order valence-corrected chi connectivity index (χ1v) is 9.30. The van der Waals surface area contributed by atoms with Gasteiger partial charge in [0.05, 0.1) is 18.2 Å². The number of piperidine rings is 1. The average molecular weight is 370 g/mol. The molecule has 4 heterocycles. The van der Waals surface area contributed by atoms with Gasteiger partial charge in [-0.1, -0.05) is 0 Å². The zero-order valence-electron chi connectivity index (χ0n) is 15.3. The molecule has 3 aliphatic rings. The molecule has 5 rings (SSSR count). The molecule has 1 aromatic heterocycles. The van der Waals surface area contributed by atoms with Gasteiger partial charge in [0.2, 0.25) is 5.91 Å². The van der Waals surface area contributed by atoms with Gasteiger partial charge < -0.3 is 14.5 Å². The standard InChI is InChI=1S/C20H23FN4O2/c1-27-11-10-25-17-7-4-15(20(25)26)12-24(13-17)19-9-8-18(22-23-19)14-2-5-16(21)6-3-14/h2-3,5-6,8-9,15,17H,4,7,10-13H2,1H3/t15-,17+/m0/s1. The summed E-state index contributed by atoms with van der Waals surface area (Å²) in [6.07, 6.45) is 1.93. The highest BCUT2D eigenvalue weighted by Crippen LogP contribution is 2.31. The van der Waals surface area contributed by atoms with Crippen LogP contribution in [0.25, 0.3) is 11.3 Å². The fourth-order valence-corrected chi connectivity index (χ4v) is 3.98. The number of fused-ring (bicyclic) bond motifs is 4. The molecule has 0 unspecified atom stereocenters. The van der Waals surface area contributed by atoms with Crippen LogP contribution in [-0.4, -0.2) is 60.4 Å². The van der Waals surface area contributed by atoms with Gasteiger partial charge in [0.15, 0.2) is 5.82 Å². The van der Waals surface area contributed by atoms with E-state index in [9.17, 15) is 9.18 Å². The van der Waals surface area contributed by atoms with E-state index in [0.717, 1.165) is 30.8 Å². The Morgan fingerprint density at radius 1 is 1.11 bits per heavy atom. The summed E-state index contributed by atoms with van der Waals surface area (Å²) in [7, 11) is 1.66. The van der Waals surface area contributed by atoms with Crippen molar-refractivity contribution in [3.05, 3.63) is 42.2 Å². The van der Waals surface area contributed by atoms with E-state index in [2.05, 4.69) is 15.1 Å². The molecule has 1 amide bonds. The number of anilines is 1. The number of carbonyl (C=O) groups is 1. The molecule has 142 valence electrons. The first-order valence-electron chi connectivity index (χ1n) is 9.30. The Balaban J connectivity index is 1.52. The zero-order chi connectivity index (χ0) is 18.8. The molecule has 27 heavy (non-hydrogen) atoms. The summed E-state index contributed by atoms with van der Waals surface area (Å²) < 4.78 is 18.2. The molecule has 1 aromatic carbocycles. The molecule has 3 saturated heterocycles. The minimum Gasteiger partial charge on any atom is -0.383 e. The number of carbonyl (C=O) groups excluding carboxylic acids is 1. The van der Waals surface area contributed by atoms with Crippen molar-refractivity contribution in [1.29, 1.82) is 0 Å². The third-order valence-corrected chi connectivity index (χ3v) is 5.44. The van der Waals surface area contributed by atoms with Gasteiger partial charge in [-0.3, -0.25) is 4.79 Å². The third kappa shape index (κ3) is 3.64. The van der Waals surface area contributed by atoms with Gasteiger partial charge in [0, 0.05) is 38.3 Å². The monoisotopic (exact) mass is 370 g/mol. The highest BCUT2D eigenvalue weighted by Gasteiger charge is 2.40. The van der Waals surface area contributed by atoms with Crippen LogP contribution in [0.15, 0.2) is 36.4 Å². The van der Waals surface area contributed by atoms with Crippen molar-refractivity contribution in [3.8, 4) is 11.3 Å². The molecule has 6 nitrogen and oxygen atoms in total. The second kappa shape index (κ2) is 7.60. The van der Waals surface area contributed by atoms with Crippen molar-refractivity contribution in [2.24, 2.45) is 5.92 Å². The quantitative estimate of drug-likeness (QED) is 0.809. The summed E-state index contributed by atoms with van der Waals surface area (Å²) >= 11 is 0. The van der Waals surface area contributed by atoms with Crippen molar-refractivity contribution in [3.63, 3.8) is 0 Å². The molecular weight excluding hydrogens is 347 g/mol. The lowest BCUT2D eigenvalue weighted by atomic mass is 9.94. The van der Waals surface area contributed by atoms with E-state index in [1.165, 1.54) is 12.1 Å². The summed E-state index contributed by atoms with van der Waals surface area (Å²) in [5.41, 5.74) is 1.53. The van der Waals surface area contributed by atoms with Gasteiger partial charge in [-0.2, -0.15) is 0 Å². The molecule has 2 aromatic rings.